The van der Waals surface area contributed by atoms with Crippen LogP contribution in [0.5, 0.6) is 0 Å². The van der Waals surface area contributed by atoms with Crippen molar-refractivity contribution in [2.24, 2.45) is 39.4 Å². The maximum absolute atomic E-state index is 14.0. The maximum atomic E-state index is 14.0. The van der Waals surface area contributed by atoms with Gasteiger partial charge in [0.25, 0.3) is 0 Å². The third-order valence-corrected chi connectivity index (χ3v) is 13.1. The standard InChI is InChI=1S/C35H54O7/c1-20(2)9-8-10-21(30(39)42-29-28(38)25(36)19-41-31(29)40)22-13-17-35(7)24-11-12-26-32(3,4)27(37)15-16-33(26,5)23(24)14-18-34(22,35)6/h9,21-22,25-26,28-29,31,36,38,40H,8,10-19H2,1-7H3. The highest BCUT2D eigenvalue weighted by atomic mass is 16.7. The van der Waals surface area contributed by atoms with Crippen LogP contribution < -0.4 is 0 Å². The van der Waals surface area contributed by atoms with Crippen LogP contribution in [0.4, 0.5) is 0 Å². The lowest BCUT2D eigenvalue weighted by molar-refractivity contribution is -0.262. The number of allylic oxidation sites excluding steroid dienone is 4. The summed E-state index contributed by atoms with van der Waals surface area (Å²) in [5.74, 6) is 0.0504. The molecule has 3 N–H and O–H groups in total. The molecule has 7 nitrogen and oxygen atoms in total. The molecule has 10 unspecified atom stereocenters. The van der Waals surface area contributed by atoms with Gasteiger partial charge in [-0.05, 0) is 99.7 Å². The molecule has 7 heteroatoms. The quantitative estimate of drug-likeness (QED) is 0.272. The summed E-state index contributed by atoms with van der Waals surface area (Å²) in [6.07, 6.45) is 5.70. The molecular formula is C35H54O7. The number of hydrogen-bond acceptors (Lipinski definition) is 7. The average Bonchev–Trinajstić information content (AvgIpc) is 3.20. The van der Waals surface area contributed by atoms with Gasteiger partial charge in [0.1, 0.15) is 18.0 Å². The SMILES string of the molecule is CC(C)=CCCC(C(=O)OC1C(O)OCC(O)C1O)C1CCC2(C)C3=C(CCC12C)C1(C)CCC(=O)C(C)(C)C1CC3. The molecule has 0 bridgehead atoms. The summed E-state index contributed by atoms with van der Waals surface area (Å²) in [4.78, 5) is 26.9. The number of carbonyl (C=O) groups is 2. The molecule has 1 saturated heterocycles. The fraction of sp³-hybridized carbons (Fsp3) is 0.829. The van der Waals surface area contributed by atoms with Crippen molar-refractivity contribution in [2.45, 2.75) is 137 Å². The Bertz CT molecular complexity index is 1150. The summed E-state index contributed by atoms with van der Waals surface area (Å²) in [5, 5.41) is 31.0. The first-order valence-corrected chi connectivity index (χ1v) is 16.3. The topological polar surface area (TPSA) is 113 Å². The van der Waals surface area contributed by atoms with Gasteiger partial charge in [0.2, 0.25) is 0 Å². The second-order valence-corrected chi connectivity index (χ2v) is 15.7. The Kier molecular flexibility index (Phi) is 8.44. The molecule has 10 atom stereocenters. The molecule has 1 heterocycles. The first-order valence-electron chi connectivity index (χ1n) is 16.3. The maximum Gasteiger partial charge on any atom is 0.309 e. The molecule has 4 aliphatic carbocycles. The highest BCUT2D eigenvalue weighted by Crippen LogP contribution is 2.72. The Morgan fingerprint density at radius 3 is 2.40 bits per heavy atom. The molecule has 2 saturated carbocycles. The zero-order valence-electron chi connectivity index (χ0n) is 26.9. The predicted octanol–water partition coefficient (Wildman–Crippen LogP) is 5.65. The smallest absolute Gasteiger partial charge is 0.309 e. The Morgan fingerprint density at radius 1 is 1.00 bits per heavy atom. The van der Waals surface area contributed by atoms with Crippen molar-refractivity contribution in [3.63, 3.8) is 0 Å². The summed E-state index contributed by atoms with van der Waals surface area (Å²) >= 11 is 0. The number of fused-ring (bicyclic) bond motifs is 4. The molecule has 0 spiro atoms. The molecule has 0 amide bonds. The molecule has 0 aromatic heterocycles. The summed E-state index contributed by atoms with van der Waals surface area (Å²) < 4.78 is 11.0. The van der Waals surface area contributed by atoms with Gasteiger partial charge in [0, 0.05) is 11.8 Å². The van der Waals surface area contributed by atoms with Gasteiger partial charge in [-0.25, -0.2) is 0 Å². The largest absolute Gasteiger partial charge is 0.454 e. The van der Waals surface area contributed by atoms with E-state index in [0.29, 0.717) is 24.5 Å². The third-order valence-electron chi connectivity index (χ3n) is 13.1. The van der Waals surface area contributed by atoms with Crippen LogP contribution in [0.1, 0.15) is 113 Å². The second kappa shape index (κ2) is 11.1. The number of carbonyl (C=O) groups excluding carboxylic acids is 2. The number of Topliss-reactive ketones (excluding diaryl/α,β-unsaturated/α-hetero) is 1. The first-order chi connectivity index (χ1) is 19.6. The Labute approximate surface area is 252 Å². The summed E-state index contributed by atoms with van der Waals surface area (Å²) in [7, 11) is 0. The van der Waals surface area contributed by atoms with Crippen molar-refractivity contribution in [2.75, 3.05) is 6.61 Å². The van der Waals surface area contributed by atoms with Crippen LogP contribution in [0.3, 0.4) is 0 Å². The average molecular weight is 587 g/mol. The number of ketones is 1. The first kappa shape index (κ1) is 31.9. The number of esters is 1. The Balaban J connectivity index is 1.46. The van der Waals surface area contributed by atoms with E-state index in [9.17, 15) is 24.9 Å². The van der Waals surface area contributed by atoms with Gasteiger partial charge in [-0.3, -0.25) is 9.59 Å². The second-order valence-electron chi connectivity index (χ2n) is 15.7. The molecule has 0 aromatic carbocycles. The van der Waals surface area contributed by atoms with E-state index in [1.807, 2.05) is 0 Å². The normalized spacial score (nSPS) is 43.6. The van der Waals surface area contributed by atoms with Crippen molar-refractivity contribution in [1.82, 2.24) is 0 Å². The van der Waals surface area contributed by atoms with Gasteiger partial charge in [-0.2, -0.15) is 0 Å². The number of rotatable bonds is 6. The Hall–Kier alpha value is -1.54. The van der Waals surface area contributed by atoms with Crippen LogP contribution in [-0.2, 0) is 19.1 Å². The molecule has 0 aromatic rings. The predicted molar refractivity (Wildman–Crippen MR) is 160 cm³/mol. The lowest BCUT2D eigenvalue weighted by Gasteiger charge is -2.60. The minimum atomic E-state index is -1.47. The summed E-state index contributed by atoms with van der Waals surface area (Å²) in [5.41, 5.74) is 3.99. The van der Waals surface area contributed by atoms with Gasteiger partial charge in [-0.1, -0.05) is 57.4 Å². The molecule has 1 aliphatic heterocycles. The zero-order chi connectivity index (χ0) is 30.8. The van der Waals surface area contributed by atoms with E-state index < -0.39 is 36.5 Å². The fourth-order valence-electron chi connectivity index (χ4n) is 10.3. The van der Waals surface area contributed by atoms with Gasteiger partial charge < -0.3 is 24.8 Å². The number of aliphatic hydroxyl groups is 3. The molecular weight excluding hydrogens is 532 g/mol. The van der Waals surface area contributed by atoms with E-state index in [2.05, 4.69) is 54.5 Å². The van der Waals surface area contributed by atoms with Gasteiger partial charge >= 0.3 is 5.97 Å². The van der Waals surface area contributed by atoms with Crippen LogP contribution in [0.2, 0.25) is 0 Å². The van der Waals surface area contributed by atoms with Gasteiger partial charge in [0.05, 0.1) is 12.5 Å². The molecule has 5 rings (SSSR count). The minimum absolute atomic E-state index is 0.0386. The highest BCUT2D eigenvalue weighted by molar-refractivity contribution is 5.85. The monoisotopic (exact) mass is 586 g/mol. The van der Waals surface area contributed by atoms with E-state index in [1.54, 1.807) is 11.1 Å². The van der Waals surface area contributed by atoms with Crippen LogP contribution in [0, 0.1) is 39.4 Å². The van der Waals surface area contributed by atoms with E-state index in [1.165, 1.54) is 5.57 Å². The Morgan fingerprint density at radius 2 is 1.71 bits per heavy atom. The van der Waals surface area contributed by atoms with Crippen LogP contribution in [0.15, 0.2) is 22.8 Å². The zero-order valence-corrected chi connectivity index (χ0v) is 26.9. The minimum Gasteiger partial charge on any atom is -0.454 e. The van der Waals surface area contributed by atoms with Crippen LogP contribution in [-0.4, -0.2) is 58.3 Å². The molecule has 42 heavy (non-hydrogen) atoms. The van der Waals surface area contributed by atoms with Gasteiger partial charge in [-0.15, -0.1) is 0 Å². The third kappa shape index (κ3) is 4.85. The van der Waals surface area contributed by atoms with Crippen molar-refractivity contribution < 1.29 is 34.4 Å². The lowest BCUT2D eigenvalue weighted by atomic mass is 9.43. The fourth-order valence-corrected chi connectivity index (χ4v) is 10.3. The number of hydrogen-bond donors (Lipinski definition) is 3. The van der Waals surface area contributed by atoms with E-state index in [4.69, 9.17) is 9.47 Å². The molecule has 3 fully saturated rings. The van der Waals surface area contributed by atoms with Crippen molar-refractivity contribution >= 4 is 11.8 Å². The summed E-state index contributed by atoms with van der Waals surface area (Å²) in [6, 6.07) is 0. The number of aliphatic hydroxyl groups excluding tert-OH is 3. The number of ether oxygens (including phenoxy) is 2. The van der Waals surface area contributed by atoms with Crippen LogP contribution in [0.25, 0.3) is 0 Å². The summed E-state index contributed by atoms with van der Waals surface area (Å²) in [6.45, 7) is 15.5. The van der Waals surface area contributed by atoms with Crippen molar-refractivity contribution in [3.05, 3.63) is 22.8 Å². The molecule has 236 valence electrons. The lowest BCUT2D eigenvalue weighted by Crippen LogP contribution is -2.56. The highest BCUT2D eigenvalue weighted by Gasteiger charge is 2.64. The van der Waals surface area contributed by atoms with Crippen molar-refractivity contribution in [1.29, 1.82) is 0 Å². The van der Waals surface area contributed by atoms with Gasteiger partial charge in [0.15, 0.2) is 12.4 Å². The van der Waals surface area contributed by atoms with E-state index in [-0.39, 0.29) is 34.2 Å². The van der Waals surface area contributed by atoms with Crippen molar-refractivity contribution in [3.8, 4) is 0 Å². The molecule has 0 radical (unpaired) electrons. The van der Waals surface area contributed by atoms with E-state index >= 15 is 0 Å². The molecule has 5 aliphatic rings. The van der Waals surface area contributed by atoms with E-state index in [0.717, 1.165) is 51.4 Å². The van der Waals surface area contributed by atoms with Crippen LogP contribution >= 0.6 is 0 Å².